The highest BCUT2D eigenvalue weighted by Crippen LogP contribution is 2.30. The average Bonchev–Trinajstić information content (AvgIpc) is 3.02. The lowest BCUT2D eigenvalue weighted by Gasteiger charge is -2.07. The third-order valence-electron chi connectivity index (χ3n) is 3.56. The minimum absolute atomic E-state index is 0.0788. The van der Waals surface area contributed by atoms with Gasteiger partial charge in [-0.3, -0.25) is 9.59 Å². The number of carbonyl (C=O) groups is 2. The molecule has 0 aliphatic carbocycles. The molecule has 5 nitrogen and oxygen atoms in total. The van der Waals surface area contributed by atoms with Crippen molar-refractivity contribution in [3.63, 3.8) is 0 Å². The summed E-state index contributed by atoms with van der Waals surface area (Å²) in [5.74, 6) is -0.245. The summed E-state index contributed by atoms with van der Waals surface area (Å²) in [6, 6.07) is 12.9. The van der Waals surface area contributed by atoms with Crippen LogP contribution in [0, 0.1) is 0 Å². The molecule has 0 bridgehead atoms. The van der Waals surface area contributed by atoms with Gasteiger partial charge in [0.25, 0.3) is 5.91 Å². The zero-order chi connectivity index (χ0) is 17.8. The van der Waals surface area contributed by atoms with Gasteiger partial charge in [-0.1, -0.05) is 23.9 Å². The van der Waals surface area contributed by atoms with Crippen molar-refractivity contribution >= 4 is 50.8 Å². The maximum atomic E-state index is 12.4. The minimum atomic E-state index is -0.167. The van der Waals surface area contributed by atoms with Crippen LogP contribution in [0.1, 0.15) is 22.8 Å². The van der Waals surface area contributed by atoms with E-state index in [1.807, 2.05) is 36.6 Å². The predicted molar refractivity (Wildman–Crippen MR) is 103 cm³/mol. The fourth-order valence-electron chi connectivity index (χ4n) is 2.27. The van der Waals surface area contributed by atoms with E-state index in [4.69, 9.17) is 0 Å². The molecule has 3 rings (SSSR count). The van der Waals surface area contributed by atoms with Crippen molar-refractivity contribution in [2.75, 3.05) is 11.6 Å². The molecule has 0 aliphatic heterocycles. The molecule has 0 saturated carbocycles. The van der Waals surface area contributed by atoms with Crippen LogP contribution in [0.15, 0.2) is 46.8 Å². The summed E-state index contributed by atoms with van der Waals surface area (Å²) in [6.45, 7) is 1.93. The van der Waals surface area contributed by atoms with Crippen molar-refractivity contribution in [3.8, 4) is 0 Å². The number of thioether (sulfide) groups is 1. The van der Waals surface area contributed by atoms with Crippen LogP contribution >= 0.6 is 23.1 Å². The summed E-state index contributed by atoms with van der Waals surface area (Å²) < 4.78 is 2.06. The van der Waals surface area contributed by atoms with E-state index in [9.17, 15) is 9.59 Å². The van der Waals surface area contributed by atoms with Crippen LogP contribution in [0.4, 0.5) is 5.69 Å². The highest BCUT2D eigenvalue weighted by molar-refractivity contribution is 8.00. The van der Waals surface area contributed by atoms with Crippen LogP contribution in [-0.4, -0.2) is 23.1 Å². The minimum Gasteiger partial charge on any atom is -0.352 e. The van der Waals surface area contributed by atoms with Gasteiger partial charge in [-0.25, -0.2) is 4.98 Å². The molecule has 0 unspecified atom stereocenters. The lowest BCUT2D eigenvalue weighted by Crippen LogP contribution is -2.19. The molecule has 0 saturated heterocycles. The van der Waals surface area contributed by atoms with Gasteiger partial charge in [-0.05, 0) is 42.2 Å². The number of nitrogens with one attached hydrogen (secondary N) is 2. The molecule has 0 spiro atoms. The van der Waals surface area contributed by atoms with Crippen LogP contribution in [0.2, 0.25) is 0 Å². The number of nitrogens with zero attached hydrogens (tertiary/aromatic N) is 1. The molecule has 2 amide bonds. The molecule has 2 aromatic carbocycles. The Bertz CT molecular complexity index is 920. The number of thiazole rings is 1. The molecule has 128 valence electrons. The second kappa shape index (κ2) is 7.67. The number of fused-ring (bicyclic) bond motifs is 1. The molecule has 3 aromatic rings. The van der Waals surface area contributed by atoms with Crippen molar-refractivity contribution in [2.45, 2.75) is 17.8 Å². The molecule has 1 heterocycles. The normalized spacial score (nSPS) is 10.6. The van der Waals surface area contributed by atoms with E-state index in [1.165, 1.54) is 6.92 Å². The summed E-state index contributed by atoms with van der Waals surface area (Å²) >= 11 is 3.22. The van der Waals surface area contributed by atoms with Gasteiger partial charge in [-0.15, -0.1) is 11.3 Å². The van der Waals surface area contributed by atoms with Gasteiger partial charge >= 0.3 is 0 Å². The van der Waals surface area contributed by atoms with Crippen molar-refractivity contribution in [1.82, 2.24) is 10.3 Å². The van der Waals surface area contributed by atoms with Crippen LogP contribution in [0.3, 0.4) is 0 Å². The monoisotopic (exact) mass is 371 g/mol. The lowest BCUT2D eigenvalue weighted by atomic mass is 10.1. The average molecular weight is 371 g/mol. The predicted octanol–water partition coefficient (Wildman–Crippen LogP) is 3.91. The standard InChI is InChI=1S/C18H17N3O2S2/c1-11(22)19-10-12-3-5-13(6-4-12)17(23)20-14-7-8-15-16(9-14)25-18(21-15)24-2/h3-9H,10H2,1-2H3,(H,19,22)(H,20,23). The van der Waals surface area contributed by atoms with Crippen LogP contribution in [0.25, 0.3) is 10.2 Å². The Morgan fingerprint density at radius 2 is 1.92 bits per heavy atom. The van der Waals surface area contributed by atoms with E-state index >= 15 is 0 Å². The number of amides is 2. The van der Waals surface area contributed by atoms with Crippen molar-refractivity contribution < 1.29 is 9.59 Å². The molecular formula is C18H17N3O2S2. The van der Waals surface area contributed by atoms with Crippen LogP contribution < -0.4 is 10.6 Å². The number of hydrogen-bond donors (Lipinski definition) is 2. The van der Waals surface area contributed by atoms with E-state index < -0.39 is 0 Å². The molecule has 0 radical (unpaired) electrons. The van der Waals surface area contributed by atoms with Crippen molar-refractivity contribution in [2.24, 2.45) is 0 Å². The van der Waals surface area contributed by atoms with Gasteiger partial charge in [0.2, 0.25) is 5.91 Å². The molecule has 25 heavy (non-hydrogen) atoms. The van der Waals surface area contributed by atoms with Crippen molar-refractivity contribution in [3.05, 3.63) is 53.6 Å². The molecule has 0 aliphatic rings. The molecule has 1 aromatic heterocycles. The zero-order valence-electron chi connectivity index (χ0n) is 13.8. The Balaban J connectivity index is 1.70. The number of rotatable bonds is 5. The maximum Gasteiger partial charge on any atom is 0.255 e. The van der Waals surface area contributed by atoms with E-state index in [0.717, 1.165) is 25.8 Å². The van der Waals surface area contributed by atoms with Crippen LogP contribution in [0.5, 0.6) is 0 Å². The topological polar surface area (TPSA) is 71.1 Å². The molecule has 7 heteroatoms. The quantitative estimate of drug-likeness (QED) is 0.667. The summed E-state index contributed by atoms with van der Waals surface area (Å²) in [4.78, 5) is 27.8. The van der Waals surface area contributed by atoms with E-state index in [2.05, 4.69) is 15.6 Å². The molecule has 0 atom stereocenters. The first-order valence-corrected chi connectivity index (χ1v) is 9.68. The highest BCUT2D eigenvalue weighted by atomic mass is 32.2. The first-order chi connectivity index (χ1) is 12.0. The number of benzene rings is 2. The first-order valence-electron chi connectivity index (χ1n) is 7.64. The van der Waals surface area contributed by atoms with Gasteiger partial charge in [-0.2, -0.15) is 0 Å². The molecular weight excluding hydrogens is 354 g/mol. The smallest absolute Gasteiger partial charge is 0.255 e. The Morgan fingerprint density at radius 3 is 2.60 bits per heavy atom. The third-order valence-corrected chi connectivity index (χ3v) is 5.56. The number of hydrogen-bond acceptors (Lipinski definition) is 5. The Hall–Kier alpha value is -2.38. The summed E-state index contributed by atoms with van der Waals surface area (Å²) in [6.07, 6.45) is 2.00. The highest BCUT2D eigenvalue weighted by Gasteiger charge is 2.08. The molecule has 2 N–H and O–H groups in total. The van der Waals surface area contributed by atoms with E-state index in [1.54, 1.807) is 35.2 Å². The summed E-state index contributed by atoms with van der Waals surface area (Å²) in [5, 5.41) is 5.64. The third kappa shape index (κ3) is 4.37. The maximum absolute atomic E-state index is 12.4. The summed E-state index contributed by atoms with van der Waals surface area (Å²) in [5.41, 5.74) is 3.20. The van der Waals surface area contributed by atoms with Gasteiger partial charge in [0.15, 0.2) is 4.34 Å². The Labute approximate surface area is 153 Å². The van der Waals surface area contributed by atoms with Gasteiger partial charge in [0, 0.05) is 24.7 Å². The van der Waals surface area contributed by atoms with Gasteiger partial charge in [0.1, 0.15) is 0 Å². The largest absolute Gasteiger partial charge is 0.352 e. The Morgan fingerprint density at radius 1 is 1.16 bits per heavy atom. The summed E-state index contributed by atoms with van der Waals surface area (Å²) in [7, 11) is 0. The number of carbonyl (C=O) groups excluding carboxylic acids is 2. The van der Waals surface area contributed by atoms with Crippen molar-refractivity contribution in [1.29, 1.82) is 0 Å². The first kappa shape index (κ1) is 17.4. The fourth-order valence-corrected chi connectivity index (χ4v) is 3.80. The molecule has 0 fully saturated rings. The fraction of sp³-hybridized carbons (Fsp3) is 0.167. The van der Waals surface area contributed by atoms with E-state index in [-0.39, 0.29) is 11.8 Å². The second-order valence-electron chi connectivity index (χ2n) is 5.43. The van der Waals surface area contributed by atoms with Gasteiger partial charge in [0.05, 0.1) is 10.2 Å². The SMILES string of the molecule is CSc1nc2ccc(NC(=O)c3ccc(CNC(C)=O)cc3)cc2s1. The van der Waals surface area contributed by atoms with Crippen LogP contribution in [-0.2, 0) is 11.3 Å². The number of aromatic nitrogens is 1. The second-order valence-corrected chi connectivity index (χ2v) is 7.51. The lowest BCUT2D eigenvalue weighted by molar-refractivity contribution is -0.119. The van der Waals surface area contributed by atoms with Gasteiger partial charge < -0.3 is 10.6 Å². The zero-order valence-corrected chi connectivity index (χ0v) is 15.5. The van der Waals surface area contributed by atoms with E-state index in [0.29, 0.717) is 12.1 Å². The Kier molecular flexibility index (Phi) is 5.35. The number of anilines is 1.